The number of carboxylic acid groups (broad SMARTS) is 1. The van der Waals surface area contributed by atoms with Gasteiger partial charge in [0.2, 0.25) is 0 Å². The maximum atomic E-state index is 12.7. The summed E-state index contributed by atoms with van der Waals surface area (Å²) in [7, 11) is 0. The zero-order valence-corrected chi connectivity index (χ0v) is 12.6. The van der Waals surface area contributed by atoms with Crippen LogP contribution in [0, 0.1) is 5.92 Å². The molecule has 0 heterocycles. The maximum Gasteiger partial charge on any atom is 0.308 e. The van der Waals surface area contributed by atoms with Crippen molar-refractivity contribution in [3.63, 3.8) is 0 Å². The number of amides is 1. The van der Waals surface area contributed by atoms with Crippen LogP contribution in [0.25, 0.3) is 10.8 Å². The van der Waals surface area contributed by atoms with E-state index in [1.165, 1.54) is 11.0 Å². The topological polar surface area (TPSA) is 77.8 Å². The van der Waals surface area contributed by atoms with Crippen LogP contribution in [0.5, 0.6) is 5.75 Å². The number of rotatable bonds is 5. The van der Waals surface area contributed by atoms with Gasteiger partial charge in [0.15, 0.2) is 0 Å². The minimum Gasteiger partial charge on any atom is -0.507 e. The Balaban J connectivity index is 2.43. The number of hydrogen-bond acceptors (Lipinski definition) is 3. The van der Waals surface area contributed by atoms with Crippen molar-refractivity contribution in [3.8, 4) is 5.75 Å². The summed E-state index contributed by atoms with van der Waals surface area (Å²) < 4.78 is 0. The molecule has 0 fully saturated rings. The summed E-state index contributed by atoms with van der Waals surface area (Å²) in [4.78, 5) is 25.2. The molecule has 0 radical (unpaired) electrons. The molecule has 2 N–H and O–H groups in total. The third kappa shape index (κ3) is 3.03. The second kappa shape index (κ2) is 6.47. The molecule has 2 rings (SSSR count). The summed E-state index contributed by atoms with van der Waals surface area (Å²) >= 11 is 0. The number of carbonyl (C=O) groups excluding carboxylic acids is 1. The van der Waals surface area contributed by atoms with Gasteiger partial charge < -0.3 is 15.1 Å². The summed E-state index contributed by atoms with van der Waals surface area (Å²) in [5.74, 6) is -2.07. The molecule has 0 aromatic heterocycles. The first-order chi connectivity index (χ1) is 10.5. The van der Waals surface area contributed by atoms with Crippen molar-refractivity contribution in [2.45, 2.75) is 13.8 Å². The van der Waals surface area contributed by atoms with Gasteiger partial charge in [0.1, 0.15) is 5.75 Å². The highest BCUT2D eigenvalue weighted by molar-refractivity contribution is 6.09. The highest BCUT2D eigenvalue weighted by atomic mass is 16.4. The summed E-state index contributed by atoms with van der Waals surface area (Å²) in [6.45, 7) is 3.82. The minimum absolute atomic E-state index is 0.0925. The molecule has 0 spiro atoms. The van der Waals surface area contributed by atoms with Gasteiger partial charge in [-0.3, -0.25) is 9.59 Å². The molecule has 1 amide bonds. The smallest absolute Gasteiger partial charge is 0.308 e. The van der Waals surface area contributed by atoms with Gasteiger partial charge in [-0.2, -0.15) is 0 Å². The number of phenolic OH excluding ortho intramolecular Hbond substituents is 1. The molecule has 0 aliphatic carbocycles. The number of carboxylic acids is 1. The van der Waals surface area contributed by atoms with Crippen molar-refractivity contribution < 1.29 is 19.8 Å². The van der Waals surface area contributed by atoms with E-state index in [2.05, 4.69) is 0 Å². The first-order valence-corrected chi connectivity index (χ1v) is 7.18. The second-order valence-corrected chi connectivity index (χ2v) is 5.26. The van der Waals surface area contributed by atoms with Crippen LogP contribution in [0.1, 0.15) is 24.2 Å². The lowest BCUT2D eigenvalue weighted by atomic mass is 10.0. The Kier molecular flexibility index (Phi) is 4.65. The van der Waals surface area contributed by atoms with Crippen molar-refractivity contribution in [1.82, 2.24) is 4.90 Å². The monoisotopic (exact) mass is 301 g/mol. The molecule has 22 heavy (non-hydrogen) atoms. The van der Waals surface area contributed by atoms with E-state index in [-0.39, 0.29) is 23.8 Å². The number of aromatic hydroxyl groups is 1. The molecule has 116 valence electrons. The maximum absolute atomic E-state index is 12.7. The highest BCUT2D eigenvalue weighted by Crippen LogP contribution is 2.28. The minimum atomic E-state index is -0.951. The molecule has 0 bridgehead atoms. The van der Waals surface area contributed by atoms with E-state index in [0.29, 0.717) is 11.9 Å². The van der Waals surface area contributed by atoms with E-state index in [1.54, 1.807) is 32.0 Å². The zero-order chi connectivity index (χ0) is 16.3. The molecule has 0 saturated carbocycles. The van der Waals surface area contributed by atoms with Crippen molar-refractivity contribution in [1.29, 1.82) is 0 Å². The first-order valence-electron chi connectivity index (χ1n) is 7.18. The van der Waals surface area contributed by atoms with Gasteiger partial charge in [0, 0.05) is 13.1 Å². The van der Waals surface area contributed by atoms with Crippen LogP contribution >= 0.6 is 0 Å². The Hall–Kier alpha value is -2.56. The summed E-state index contributed by atoms with van der Waals surface area (Å²) in [5, 5.41) is 20.6. The third-order valence-electron chi connectivity index (χ3n) is 3.71. The van der Waals surface area contributed by atoms with E-state index in [1.807, 2.05) is 12.1 Å². The first kappa shape index (κ1) is 15.8. The normalized spacial score (nSPS) is 12.1. The lowest BCUT2D eigenvalue weighted by Crippen LogP contribution is -2.36. The number of hydrogen-bond donors (Lipinski definition) is 2. The summed E-state index contributed by atoms with van der Waals surface area (Å²) in [6, 6.07) is 10.5. The molecule has 5 heteroatoms. The molecule has 0 saturated heterocycles. The average molecular weight is 301 g/mol. The van der Waals surface area contributed by atoms with Crippen molar-refractivity contribution in [2.24, 2.45) is 5.92 Å². The standard InChI is InChI=1S/C17H19NO4/c1-3-18(10-11(2)17(21)22)16(20)15-13-7-5-4-6-12(13)8-9-14(15)19/h4-9,11,19H,3,10H2,1-2H3,(H,21,22). The number of nitrogens with zero attached hydrogens (tertiary/aromatic N) is 1. The lowest BCUT2D eigenvalue weighted by Gasteiger charge is -2.24. The van der Waals surface area contributed by atoms with Crippen molar-refractivity contribution in [2.75, 3.05) is 13.1 Å². The van der Waals surface area contributed by atoms with Crippen LogP contribution in [-0.2, 0) is 4.79 Å². The van der Waals surface area contributed by atoms with Gasteiger partial charge in [-0.05, 0) is 23.8 Å². The fraction of sp³-hybridized carbons (Fsp3) is 0.294. The predicted molar refractivity (Wildman–Crippen MR) is 84.0 cm³/mol. The van der Waals surface area contributed by atoms with E-state index in [0.717, 1.165) is 5.39 Å². The highest BCUT2D eigenvalue weighted by Gasteiger charge is 2.24. The fourth-order valence-electron chi connectivity index (χ4n) is 2.41. The molecular weight excluding hydrogens is 282 g/mol. The number of phenols is 1. The summed E-state index contributed by atoms with van der Waals surface area (Å²) in [5.41, 5.74) is 0.220. The molecule has 0 aliphatic heterocycles. The number of carbonyl (C=O) groups is 2. The van der Waals surface area contributed by atoms with E-state index < -0.39 is 11.9 Å². The Bertz CT molecular complexity index is 711. The molecule has 1 atom stereocenters. The Morgan fingerprint density at radius 2 is 1.86 bits per heavy atom. The van der Waals surface area contributed by atoms with Crippen LogP contribution in [0.15, 0.2) is 36.4 Å². The van der Waals surface area contributed by atoms with Crippen molar-refractivity contribution >= 4 is 22.6 Å². The number of benzene rings is 2. The Morgan fingerprint density at radius 3 is 2.50 bits per heavy atom. The quantitative estimate of drug-likeness (QED) is 0.890. The van der Waals surface area contributed by atoms with E-state index in [9.17, 15) is 14.7 Å². The van der Waals surface area contributed by atoms with Gasteiger partial charge >= 0.3 is 5.97 Å². The number of fused-ring (bicyclic) bond motifs is 1. The predicted octanol–water partition coefficient (Wildman–Crippen LogP) is 2.73. The molecular formula is C17H19NO4. The number of aliphatic carboxylic acids is 1. The Labute approximate surface area is 128 Å². The average Bonchev–Trinajstić information content (AvgIpc) is 2.51. The van der Waals surface area contributed by atoms with Gasteiger partial charge in [-0.1, -0.05) is 37.3 Å². The van der Waals surface area contributed by atoms with Crippen LogP contribution in [0.3, 0.4) is 0 Å². The van der Waals surface area contributed by atoms with E-state index in [4.69, 9.17) is 5.11 Å². The zero-order valence-electron chi connectivity index (χ0n) is 12.6. The van der Waals surface area contributed by atoms with Crippen LogP contribution in [0.4, 0.5) is 0 Å². The second-order valence-electron chi connectivity index (χ2n) is 5.26. The van der Waals surface area contributed by atoms with Gasteiger partial charge in [0.05, 0.1) is 11.5 Å². The molecule has 0 aliphatic rings. The van der Waals surface area contributed by atoms with Gasteiger partial charge in [-0.15, -0.1) is 0 Å². The van der Waals surface area contributed by atoms with Crippen molar-refractivity contribution in [3.05, 3.63) is 42.0 Å². The fourth-order valence-corrected chi connectivity index (χ4v) is 2.41. The summed E-state index contributed by atoms with van der Waals surface area (Å²) in [6.07, 6.45) is 0. The Morgan fingerprint density at radius 1 is 1.18 bits per heavy atom. The molecule has 2 aromatic carbocycles. The lowest BCUT2D eigenvalue weighted by molar-refractivity contribution is -0.141. The molecule has 1 unspecified atom stereocenters. The van der Waals surface area contributed by atoms with Crippen LogP contribution in [0.2, 0.25) is 0 Å². The van der Waals surface area contributed by atoms with Gasteiger partial charge in [0.25, 0.3) is 5.91 Å². The largest absolute Gasteiger partial charge is 0.507 e. The third-order valence-corrected chi connectivity index (χ3v) is 3.71. The van der Waals surface area contributed by atoms with Gasteiger partial charge in [-0.25, -0.2) is 0 Å². The SMILES string of the molecule is CCN(CC(C)C(=O)O)C(=O)c1c(O)ccc2ccccc12. The molecule has 5 nitrogen and oxygen atoms in total. The van der Waals surface area contributed by atoms with Crippen LogP contribution in [-0.4, -0.2) is 40.1 Å². The molecule has 2 aromatic rings. The van der Waals surface area contributed by atoms with E-state index >= 15 is 0 Å². The van der Waals surface area contributed by atoms with Crippen LogP contribution < -0.4 is 0 Å².